The Morgan fingerprint density at radius 1 is 1.00 bits per heavy atom. The van der Waals surface area contributed by atoms with Gasteiger partial charge in [0.2, 0.25) is 0 Å². The van der Waals surface area contributed by atoms with Crippen LogP contribution in [0, 0.1) is 5.92 Å². The maximum absolute atomic E-state index is 13.6. The number of rotatable bonds is 14. The van der Waals surface area contributed by atoms with E-state index >= 15 is 0 Å². The summed E-state index contributed by atoms with van der Waals surface area (Å²) in [6.07, 6.45) is 4.47. The van der Waals surface area contributed by atoms with Gasteiger partial charge in [-0.2, -0.15) is 8.78 Å². The van der Waals surface area contributed by atoms with Gasteiger partial charge >= 0.3 is 12.6 Å². The van der Waals surface area contributed by atoms with E-state index in [1.165, 1.54) is 6.07 Å². The number of alkyl halides is 2. The summed E-state index contributed by atoms with van der Waals surface area (Å²) in [7, 11) is 0. The largest absolute Gasteiger partial charge is 0.870 e. The number of aromatic amines is 1. The van der Waals surface area contributed by atoms with E-state index in [-0.39, 0.29) is 30.0 Å². The van der Waals surface area contributed by atoms with E-state index in [9.17, 15) is 18.7 Å². The molecule has 1 atom stereocenters. The molecule has 0 unspecified atom stereocenters. The third-order valence-corrected chi connectivity index (χ3v) is 8.49. The molecule has 0 bridgehead atoms. The second-order valence-corrected chi connectivity index (χ2v) is 11.9. The minimum atomic E-state index is -3.02. The molecular weight excluding hydrogens is 631 g/mol. The van der Waals surface area contributed by atoms with Crippen LogP contribution in [0.1, 0.15) is 46.0 Å². The van der Waals surface area contributed by atoms with E-state index < -0.39 is 18.7 Å². The van der Waals surface area contributed by atoms with Crippen molar-refractivity contribution in [2.75, 3.05) is 45.9 Å². The molecule has 3 aromatic rings. The summed E-state index contributed by atoms with van der Waals surface area (Å²) in [4.78, 5) is 21.0. The van der Waals surface area contributed by atoms with Crippen molar-refractivity contribution in [2.24, 2.45) is 5.92 Å². The number of ether oxygens (including phenoxy) is 3. The van der Waals surface area contributed by atoms with Crippen LogP contribution in [0.4, 0.5) is 8.78 Å². The third-order valence-electron chi connectivity index (χ3n) is 7.81. The summed E-state index contributed by atoms with van der Waals surface area (Å²) in [5, 5.41) is 9.92. The summed E-state index contributed by atoms with van der Waals surface area (Å²) in [5.74, 6) is -0.116. The van der Waals surface area contributed by atoms with Crippen molar-refractivity contribution < 1.29 is 43.4 Å². The number of benzene rings is 2. The van der Waals surface area contributed by atoms with Crippen LogP contribution < -0.4 is 14.5 Å². The fourth-order valence-electron chi connectivity index (χ4n) is 5.17. The Balaban J connectivity index is 0.00000461. The van der Waals surface area contributed by atoms with E-state index in [2.05, 4.69) is 14.8 Å². The van der Waals surface area contributed by atoms with E-state index in [4.69, 9.17) is 37.4 Å². The van der Waals surface area contributed by atoms with Gasteiger partial charge in [0, 0.05) is 51.3 Å². The minimum Gasteiger partial charge on any atom is -0.870 e. The Labute approximate surface area is 270 Å². The van der Waals surface area contributed by atoms with Crippen LogP contribution in [0.15, 0.2) is 54.9 Å². The zero-order valence-electron chi connectivity index (χ0n) is 24.6. The highest BCUT2D eigenvalue weighted by Gasteiger charge is 2.27. The van der Waals surface area contributed by atoms with Crippen LogP contribution in [0.3, 0.4) is 0 Å². The number of esters is 1. The Morgan fingerprint density at radius 2 is 1.71 bits per heavy atom. The first-order valence-corrected chi connectivity index (χ1v) is 15.5. The van der Waals surface area contributed by atoms with Crippen molar-refractivity contribution in [3.8, 4) is 11.5 Å². The second kappa shape index (κ2) is 16.5. The van der Waals surface area contributed by atoms with Gasteiger partial charge in [-0.05, 0) is 54.2 Å². The molecule has 2 aromatic carbocycles. The third kappa shape index (κ3) is 9.96. The summed E-state index contributed by atoms with van der Waals surface area (Å²) >= 11 is 12.9. The van der Waals surface area contributed by atoms with Crippen molar-refractivity contribution in [2.45, 2.75) is 38.5 Å². The molecule has 13 heteroatoms. The molecule has 244 valence electrons. The number of nitrogens with one attached hydrogen (secondary N) is 1. The summed E-state index contributed by atoms with van der Waals surface area (Å²) in [6.45, 7) is 2.33. The molecule has 0 spiro atoms. The first-order chi connectivity index (χ1) is 21.3. The molecule has 2 heterocycles. The van der Waals surface area contributed by atoms with Crippen LogP contribution in [-0.4, -0.2) is 78.9 Å². The van der Waals surface area contributed by atoms with E-state index in [0.717, 1.165) is 44.6 Å². The van der Waals surface area contributed by atoms with Crippen molar-refractivity contribution >= 4 is 29.2 Å². The maximum Gasteiger partial charge on any atom is 0.387 e. The fourth-order valence-corrected chi connectivity index (χ4v) is 5.70. The first kappa shape index (κ1) is 34.8. The molecule has 1 aliphatic heterocycles. The van der Waals surface area contributed by atoms with Crippen LogP contribution in [-0.2, 0) is 17.7 Å². The van der Waals surface area contributed by atoms with Gasteiger partial charge in [-0.3, -0.25) is 9.80 Å². The SMILES string of the molecule is O=C(O[C@@H](Cc1c(Cl)c[nH+]cc1Cl)c1ccc(OC(F)F)c(OCC2CC2)c1)c1cccc(CN2CCN(CCO)CC2)c1.[OH-]. The van der Waals surface area contributed by atoms with Crippen LogP contribution >= 0.6 is 23.2 Å². The molecule has 45 heavy (non-hydrogen) atoms. The Bertz CT molecular complexity index is 1400. The normalized spacial score (nSPS) is 16.2. The standard InChI is InChI=1S/C32H35Cl2F2N3O5.H2O/c33-26-17-37-18-27(34)25(26)16-29(23-6-7-28(44-32(35)36)30(15-23)42-20-21-4-5-21)43-31(41)24-3-1-2-22(14-24)19-39-10-8-38(9-11-39)12-13-40;/h1-3,6-7,14-15,17-18,21,29,32,40H,4-5,8-13,16,19-20H2;1H2/t29-;/m0./s1. The van der Waals surface area contributed by atoms with Gasteiger partial charge in [0.1, 0.15) is 16.1 Å². The lowest BCUT2D eigenvalue weighted by Gasteiger charge is -2.34. The van der Waals surface area contributed by atoms with Gasteiger partial charge in [-0.25, -0.2) is 9.78 Å². The van der Waals surface area contributed by atoms with Crippen LogP contribution in [0.25, 0.3) is 0 Å². The first-order valence-electron chi connectivity index (χ1n) is 14.7. The molecule has 1 aliphatic carbocycles. The van der Waals surface area contributed by atoms with Gasteiger partial charge in [-0.1, -0.05) is 41.4 Å². The quantitative estimate of drug-likeness (QED) is 0.231. The topological polar surface area (TPSA) is 116 Å². The predicted octanol–water partition coefficient (Wildman–Crippen LogP) is 5.27. The smallest absolute Gasteiger partial charge is 0.387 e. The fraction of sp³-hybridized carbons (Fsp3) is 0.438. The van der Waals surface area contributed by atoms with Crippen LogP contribution in [0.2, 0.25) is 10.0 Å². The number of hydrogen-bond donors (Lipinski definition) is 1. The average molecular weight is 669 g/mol. The van der Waals surface area contributed by atoms with Crippen molar-refractivity contribution in [3.05, 3.63) is 87.2 Å². The number of carbonyl (C=O) groups is 1. The van der Waals surface area contributed by atoms with Crippen LogP contribution in [0.5, 0.6) is 11.5 Å². The number of nitrogens with zero attached hydrogens (tertiary/aromatic N) is 2. The molecule has 3 N–H and O–H groups in total. The molecular formula is C32H37Cl2F2N3O6. The van der Waals surface area contributed by atoms with Gasteiger partial charge in [-0.15, -0.1) is 0 Å². The molecule has 0 amide bonds. The predicted molar refractivity (Wildman–Crippen MR) is 163 cm³/mol. The number of halogens is 4. The number of piperazine rings is 1. The van der Waals surface area contributed by atoms with Gasteiger partial charge in [0.05, 0.1) is 18.8 Å². The molecule has 1 saturated carbocycles. The molecule has 0 radical (unpaired) electrons. The number of H-pyrrole nitrogens is 1. The minimum absolute atomic E-state index is 0. The molecule has 5 rings (SSSR count). The van der Waals surface area contributed by atoms with E-state index in [1.54, 1.807) is 30.6 Å². The lowest BCUT2D eigenvalue weighted by molar-refractivity contribution is -0.377. The maximum atomic E-state index is 13.6. The lowest BCUT2D eigenvalue weighted by atomic mass is 10.0. The van der Waals surface area contributed by atoms with E-state index in [1.807, 2.05) is 18.2 Å². The Hall–Kier alpha value is -3.06. The monoisotopic (exact) mass is 667 g/mol. The number of aliphatic hydroxyl groups is 1. The Morgan fingerprint density at radius 3 is 2.38 bits per heavy atom. The number of hydrogen-bond acceptors (Lipinski definition) is 8. The molecule has 2 aliphatic rings. The number of aliphatic hydroxyl groups excluding tert-OH is 1. The Kier molecular flexibility index (Phi) is 12.8. The molecule has 1 saturated heterocycles. The zero-order valence-corrected chi connectivity index (χ0v) is 26.2. The molecule has 2 fully saturated rings. The number of aromatic nitrogens is 1. The molecule has 1 aromatic heterocycles. The zero-order chi connectivity index (χ0) is 31.1. The summed E-state index contributed by atoms with van der Waals surface area (Å²) in [6, 6.07) is 11.9. The number of carbonyl (C=O) groups excluding carboxylic acids is 1. The highest BCUT2D eigenvalue weighted by atomic mass is 35.5. The van der Waals surface area contributed by atoms with Gasteiger partial charge < -0.3 is 24.8 Å². The number of β-amino-alcohol motifs (C(OH)–C–C–N with tert-alkyl or cyclic N) is 1. The van der Waals surface area contributed by atoms with Gasteiger partial charge in [0.15, 0.2) is 23.9 Å². The van der Waals surface area contributed by atoms with Crippen molar-refractivity contribution in [1.82, 2.24) is 9.80 Å². The van der Waals surface area contributed by atoms with E-state index in [0.29, 0.717) is 52.3 Å². The van der Waals surface area contributed by atoms with Crippen molar-refractivity contribution in [1.29, 1.82) is 0 Å². The highest BCUT2D eigenvalue weighted by molar-refractivity contribution is 6.35. The summed E-state index contributed by atoms with van der Waals surface area (Å²) < 4.78 is 42.9. The number of pyridine rings is 1. The summed E-state index contributed by atoms with van der Waals surface area (Å²) in [5.41, 5.74) is 2.43. The van der Waals surface area contributed by atoms with Gasteiger partial charge in [0.25, 0.3) is 0 Å². The molecule has 9 nitrogen and oxygen atoms in total. The average Bonchev–Trinajstić information content (AvgIpc) is 3.84. The lowest BCUT2D eigenvalue weighted by Crippen LogP contribution is -2.46. The van der Waals surface area contributed by atoms with Crippen molar-refractivity contribution in [3.63, 3.8) is 0 Å². The highest BCUT2D eigenvalue weighted by Crippen LogP contribution is 2.38. The second-order valence-electron chi connectivity index (χ2n) is 11.1.